The normalized spacial score (nSPS) is 19.5. The summed E-state index contributed by atoms with van der Waals surface area (Å²) in [4.78, 5) is 0. The molecule has 3 nitrogen and oxygen atoms in total. The smallest absolute Gasteiger partial charge is 0.170 e. The van der Waals surface area contributed by atoms with Crippen LogP contribution in [-0.2, 0) is 18.4 Å². The van der Waals surface area contributed by atoms with Gasteiger partial charge in [-0.2, -0.15) is 0 Å². The van der Waals surface area contributed by atoms with Gasteiger partial charge in [-0.05, 0) is 30.2 Å². The molecule has 1 aromatic heterocycles. The summed E-state index contributed by atoms with van der Waals surface area (Å²) in [7, 11) is 0. The standard InChI is InChI=1S/C17H20N2O/c1-17(2)9-13-15(10-18-11-7-8-11)19-20-16(13)12-5-3-4-6-14(12)17/h3-6,11,18H,7-10H2,1-2H3. The first-order chi connectivity index (χ1) is 9.65. The van der Waals surface area contributed by atoms with E-state index in [0.717, 1.165) is 24.4 Å². The third kappa shape index (κ3) is 1.88. The van der Waals surface area contributed by atoms with E-state index in [0.29, 0.717) is 6.04 Å². The molecule has 2 aliphatic carbocycles. The Kier molecular flexibility index (Phi) is 2.55. The van der Waals surface area contributed by atoms with Crippen LogP contribution in [0.5, 0.6) is 0 Å². The Morgan fingerprint density at radius 3 is 2.90 bits per heavy atom. The highest BCUT2D eigenvalue weighted by Gasteiger charge is 2.35. The molecule has 2 aliphatic rings. The first-order valence-corrected chi connectivity index (χ1v) is 7.46. The molecule has 3 heteroatoms. The maximum atomic E-state index is 5.67. The molecule has 0 bridgehead atoms. The van der Waals surface area contributed by atoms with Gasteiger partial charge in [0.1, 0.15) is 5.69 Å². The fourth-order valence-corrected chi connectivity index (χ4v) is 3.21. The van der Waals surface area contributed by atoms with Crippen molar-refractivity contribution in [3.8, 4) is 11.3 Å². The minimum absolute atomic E-state index is 0.142. The Balaban J connectivity index is 1.76. The Labute approximate surface area is 119 Å². The Hall–Kier alpha value is -1.61. The summed E-state index contributed by atoms with van der Waals surface area (Å²) >= 11 is 0. The van der Waals surface area contributed by atoms with Crippen LogP contribution in [0.15, 0.2) is 28.8 Å². The molecule has 4 rings (SSSR count). The average molecular weight is 268 g/mol. The lowest BCUT2D eigenvalue weighted by atomic mass is 9.72. The second-order valence-electron chi connectivity index (χ2n) is 6.70. The van der Waals surface area contributed by atoms with Gasteiger partial charge in [-0.25, -0.2) is 0 Å². The van der Waals surface area contributed by atoms with Crippen molar-refractivity contribution in [1.82, 2.24) is 10.5 Å². The molecule has 0 unspecified atom stereocenters. The lowest BCUT2D eigenvalue weighted by Gasteiger charge is -2.31. The molecule has 2 aromatic rings. The molecule has 20 heavy (non-hydrogen) atoms. The summed E-state index contributed by atoms with van der Waals surface area (Å²) in [5, 5.41) is 7.86. The number of nitrogens with one attached hydrogen (secondary N) is 1. The highest BCUT2D eigenvalue weighted by Crippen LogP contribution is 2.44. The topological polar surface area (TPSA) is 38.1 Å². The van der Waals surface area contributed by atoms with Gasteiger partial charge in [-0.15, -0.1) is 0 Å². The predicted octanol–water partition coefficient (Wildman–Crippen LogP) is 3.43. The molecular formula is C17H20N2O. The monoisotopic (exact) mass is 268 g/mol. The Bertz CT molecular complexity index is 653. The van der Waals surface area contributed by atoms with Gasteiger partial charge in [0.25, 0.3) is 0 Å². The molecular weight excluding hydrogens is 248 g/mol. The third-order valence-corrected chi connectivity index (χ3v) is 4.52. The van der Waals surface area contributed by atoms with Crippen molar-refractivity contribution in [1.29, 1.82) is 0 Å². The van der Waals surface area contributed by atoms with E-state index in [-0.39, 0.29) is 5.41 Å². The number of fused-ring (bicyclic) bond motifs is 3. The maximum absolute atomic E-state index is 5.67. The molecule has 0 saturated heterocycles. The fourth-order valence-electron chi connectivity index (χ4n) is 3.21. The Morgan fingerprint density at radius 2 is 2.10 bits per heavy atom. The fraction of sp³-hybridized carbons (Fsp3) is 0.471. The van der Waals surface area contributed by atoms with E-state index in [9.17, 15) is 0 Å². The number of hydrogen-bond acceptors (Lipinski definition) is 3. The first-order valence-electron chi connectivity index (χ1n) is 7.46. The highest BCUT2D eigenvalue weighted by atomic mass is 16.5. The molecule has 1 N–H and O–H groups in total. The third-order valence-electron chi connectivity index (χ3n) is 4.52. The van der Waals surface area contributed by atoms with Gasteiger partial charge in [-0.3, -0.25) is 0 Å². The van der Waals surface area contributed by atoms with Gasteiger partial charge in [-0.1, -0.05) is 43.3 Å². The molecule has 0 radical (unpaired) electrons. The van der Waals surface area contributed by atoms with Crippen molar-refractivity contribution < 1.29 is 4.52 Å². The van der Waals surface area contributed by atoms with E-state index in [1.807, 2.05) is 0 Å². The molecule has 0 aliphatic heterocycles. The van der Waals surface area contributed by atoms with Crippen LogP contribution in [0.3, 0.4) is 0 Å². The zero-order valence-corrected chi connectivity index (χ0v) is 12.1. The number of nitrogens with zero attached hydrogens (tertiary/aromatic N) is 1. The number of aromatic nitrogens is 1. The van der Waals surface area contributed by atoms with Crippen LogP contribution in [0.25, 0.3) is 11.3 Å². The lowest BCUT2D eigenvalue weighted by Crippen LogP contribution is -2.26. The molecule has 0 amide bonds. The second kappa shape index (κ2) is 4.19. The number of rotatable bonds is 3. The van der Waals surface area contributed by atoms with E-state index >= 15 is 0 Å². The van der Waals surface area contributed by atoms with Crippen LogP contribution < -0.4 is 5.32 Å². The van der Waals surface area contributed by atoms with Crippen LogP contribution in [0.1, 0.15) is 43.5 Å². The van der Waals surface area contributed by atoms with Crippen LogP contribution in [0.4, 0.5) is 0 Å². The van der Waals surface area contributed by atoms with Crippen LogP contribution >= 0.6 is 0 Å². The van der Waals surface area contributed by atoms with E-state index in [1.54, 1.807) is 0 Å². The second-order valence-corrected chi connectivity index (χ2v) is 6.70. The summed E-state index contributed by atoms with van der Waals surface area (Å²) in [6.45, 7) is 5.45. The van der Waals surface area contributed by atoms with Gasteiger partial charge >= 0.3 is 0 Å². The minimum Gasteiger partial charge on any atom is -0.356 e. The lowest BCUT2D eigenvalue weighted by molar-refractivity contribution is 0.415. The van der Waals surface area contributed by atoms with Crippen molar-refractivity contribution in [2.24, 2.45) is 0 Å². The van der Waals surface area contributed by atoms with Gasteiger partial charge in [0.05, 0.1) is 0 Å². The van der Waals surface area contributed by atoms with E-state index in [1.165, 1.54) is 29.5 Å². The SMILES string of the molecule is CC1(C)Cc2c(CNC3CC3)noc2-c2ccccc21. The molecule has 1 aromatic carbocycles. The molecule has 0 spiro atoms. The van der Waals surface area contributed by atoms with Crippen LogP contribution in [0, 0.1) is 0 Å². The minimum atomic E-state index is 0.142. The van der Waals surface area contributed by atoms with Gasteiger partial charge in [0.15, 0.2) is 5.76 Å². The molecule has 1 saturated carbocycles. The average Bonchev–Trinajstić information content (AvgIpc) is 3.18. The van der Waals surface area contributed by atoms with Gasteiger partial charge in [0, 0.05) is 23.7 Å². The summed E-state index contributed by atoms with van der Waals surface area (Å²) < 4.78 is 5.67. The first kappa shape index (κ1) is 12.2. The van der Waals surface area contributed by atoms with Crippen molar-refractivity contribution in [2.45, 2.75) is 51.1 Å². The largest absolute Gasteiger partial charge is 0.356 e. The zero-order valence-electron chi connectivity index (χ0n) is 12.1. The van der Waals surface area contributed by atoms with Crippen molar-refractivity contribution in [2.75, 3.05) is 0 Å². The molecule has 104 valence electrons. The highest BCUT2D eigenvalue weighted by molar-refractivity contribution is 5.70. The van der Waals surface area contributed by atoms with Crippen molar-refractivity contribution in [3.05, 3.63) is 41.1 Å². The van der Waals surface area contributed by atoms with Crippen LogP contribution in [-0.4, -0.2) is 11.2 Å². The van der Waals surface area contributed by atoms with Gasteiger partial charge < -0.3 is 9.84 Å². The van der Waals surface area contributed by atoms with Crippen LogP contribution in [0.2, 0.25) is 0 Å². The van der Waals surface area contributed by atoms with E-state index in [2.05, 4.69) is 48.6 Å². The molecule has 1 heterocycles. The molecule has 0 atom stereocenters. The summed E-state index contributed by atoms with van der Waals surface area (Å²) in [5.74, 6) is 0.979. The zero-order chi connectivity index (χ0) is 13.7. The maximum Gasteiger partial charge on any atom is 0.170 e. The summed E-state index contributed by atoms with van der Waals surface area (Å²) in [6.07, 6.45) is 3.60. The van der Waals surface area contributed by atoms with E-state index in [4.69, 9.17) is 4.52 Å². The van der Waals surface area contributed by atoms with E-state index < -0.39 is 0 Å². The van der Waals surface area contributed by atoms with Gasteiger partial charge in [0.2, 0.25) is 0 Å². The van der Waals surface area contributed by atoms with Crippen molar-refractivity contribution in [3.63, 3.8) is 0 Å². The number of benzene rings is 1. The summed E-state index contributed by atoms with van der Waals surface area (Å²) in [5.41, 5.74) is 5.11. The van der Waals surface area contributed by atoms with Crippen molar-refractivity contribution >= 4 is 0 Å². The number of hydrogen-bond donors (Lipinski definition) is 1. The molecule has 1 fully saturated rings. The Morgan fingerprint density at radius 1 is 1.30 bits per heavy atom. The summed E-state index contributed by atoms with van der Waals surface area (Å²) in [6, 6.07) is 9.25. The predicted molar refractivity (Wildman–Crippen MR) is 78.5 cm³/mol. The quantitative estimate of drug-likeness (QED) is 0.926.